The van der Waals surface area contributed by atoms with Gasteiger partial charge in [-0.1, -0.05) is 18.2 Å². The number of carbonyl (C=O) groups excluding carboxylic acids is 1. The minimum Gasteiger partial charge on any atom is -0.495 e. The van der Waals surface area contributed by atoms with Crippen molar-refractivity contribution in [3.63, 3.8) is 0 Å². The number of nitrogen functional groups attached to an aromatic ring is 1. The van der Waals surface area contributed by atoms with Gasteiger partial charge in [-0.2, -0.15) is 0 Å². The maximum atomic E-state index is 12.4. The highest BCUT2D eigenvalue weighted by Crippen LogP contribution is 2.28. The third-order valence-electron chi connectivity index (χ3n) is 4.46. The van der Waals surface area contributed by atoms with E-state index in [2.05, 4.69) is 20.8 Å². The lowest BCUT2D eigenvalue weighted by Gasteiger charge is -2.36. The fourth-order valence-corrected chi connectivity index (χ4v) is 3.24. The normalized spacial score (nSPS) is 14.7. The molecule has 0 atom stereocenters. The third kappa shape index (κ3) is 4.19. The van der Waals surface area contributed by atoms with E-state index in [-0.39, 0.29) is 5.91 Å². The Morgan fingerprint density at radius 2 is 1.88 bits per heavy atom. The molecule has 3 rings (SSSR count). The van der Waals surface area contributed by atoms with Crippen LogP contribution < -0.4 is 15.4 Å². The molecule has 5 nitrogen and oxygen atoms in total. The molecule has 1 aliphatic heterocycles. The van der Waals surface area contributed by atoms with Crippen molar-refractivity contribution in [2.24, 2.45) is 0 Å². The number of rotatable bonds is 4. The molecular weight excluding hydrogens is 394 g/mol. The quantitative estimate of drug-likeness (QED) is 0.613. The number of halogens is 1. The van der Waals surface area contributed by atoms with Crippen LogP contribution in [0, 0.1) is 0 Å². The number of nitrogens with two attached hydrogens (primary N) is 1. The Hall–Kier alpha value is -2.47. The summed E-state index contributed by atoms with van der Waals surface area (Å²) < 4.78 is 6.29. The Morgan fingerprint density at radius 1 is 1.15 bits per heavy atom. The number of hydrogen-bond acceptors (Lipinski definition) is 4. The molecule has 0 saturated carbocycles. The van der Waals surface area contributed by atoms with Gasteiger partial charge in [-0.15, -0.1) is 0 Å². The van der Waals surface area contributed by atoms with Crippen molar-refractivity contribution in [2.45, 2.75) is 0 Å². The van der Waals surface area contributed by atoms with Crippen LogP contribution >= 0.6 is 15.9 Å². The summed E-state index contributed by atoms with van der Waals surface area (Å²) in [6, 6.07) is 13.6. The van der Waals surface area contributed by atoms with E-state index in [1.807, 2.05) is 47.4 Å². The molecule has 1 aliphatic rings. The van der Waals surface area contributed by atoms with Gasteiger partial charge in [0.25, 0.3) is 0 Å². The number of benzene rings is 2. The monoisotopic (exact) mass is 415 g/mol. The predicted octanol–water partition coefficient (Wildman–Crippen LogP) is 3.40. The fourth-order valence-electron chi connectivity index (χ4n) is 3.00. The Balaban J connectivity index is 1.59. The van der Waals surface area contributed by atoms with Gasteiger partial charge < -0.3 is 20.3 Å². The van der Waals surface area contributed by atoms with Gasteiger partial charge in [0.05, 0.1) is 12.8 Å². The number of anilines is 2. The lowest BCUT2D eigenvalue weighted by atomic mass is 10.2. The van der Waals surface area contributed by atoms with E-state index in [4.69, 9.17) is 10.5 Å². The van der Waals surface area contributed by atoms with Gasteiger partial charge in [0.15, 0.2) is 0 Å². The summed E-state index contributed by atoms with van der Waals surface area (Å²) in [6.07, 6.45) is 3.42. The highest BCUT2D eigenvalue weighted by Gasteiger charge is 2.21. The van der Waals surface area contributed by atoms with Crippen LogP contribution in [0.2, 0.25) is 0 Å². The van der Waals surface area contributed by atoms with E-state index in [9.17, 15) is 4.79 Å². The second-order valence-corrected chi connectivity index (χ2v) is 6.95. The van der Waals surface area contributed by atoms with Crippen LogP contribution in [-0.4, -0.2) is 44.1 Å². The van der Waals surface area contributed by atoms with E-state index >= 15 is 0 Å². The molecule has 2 aromatic rings. The molecule has 1 saturated heterocycles. The summed E-state index contributed by atoms with van der Waals surface area (Å²) in [5.74, 6) is 0.881. The van der Waals surface area contributed by atoms with Crippen LogP contribution in [0.3, 0.4) is 0 Å². The summed E-state index contributed by atoms with van der Waals surface area (Å²) in [6.45, 7) is 2.93. The molecule has 0 aliphatic carbocycles. The Bertz CT molecular complexity index is 814. The fraction of sp³-hybridized carbons (Fsp3) is 0.250. The Kier molecular flexibility index (Phi) is 5.83. The average Bonchev–Trinajstić information content (AvgIpc) is 2.68. The highest BCUT2D eigenvalue weighted by molar-refractivity contribution is 9.10. The highest BCUT2D eigenvalue weighted by atomic mass is 79.9. The van der Waals surface area contributed by atoms with Crippen molar-refractivity contribution >= 4 is 39.3 Å². The van der Waals surface area contributed by atoms with Crippen molar-refractivity contribution < 1.29 is 9.53 Å². The molecule has 0 radical (unpaired) electrons. The van der Waals surface area contributed by atoms with Gasteiger partial charge in [0, 0.05) is 42.4 Å². The molecule has 26 heavy (non-hydrogen) atoms. The molecule has 2 aromatic carbocycles. The topological polar surface area (TPSA) is 58.8 Å². The summed E-state index contributed by atoms with van der Waals surface area (Å²) in [5, 5.41) is 0. The van der Waals surface area contributed by atoms with Crippen molar-refractivity contribution in [3.8, 4) is 5.75 Å². The number of para-hydroxylation sites is 2. The number of methoxy groups -OCH3 is 1. The first-order valence-electron chi connectivity index (χ1n) is 8.48. The number of hydrogen-bond donors (Lipinski definition) is 1. The number of nitrogens with zero attached hydrogens (tertiary/aromatic N) is 2. The number of piperazine rings is 1. The maximum Gasteiger partial charge on any atom is 0.246 e. The van der Waals surface area contributed by atoms with Gasteiger partial charge in [0.1, 0.15) is 5.75 Å². The average molecular weight is 416 g/mol. The molecule has 0 unspecified atom stereocenters. The first-order valence-corrected chi connectivity index (χ1v) is 9.28. The van der Waals surface area contributed by atoms with Crippen molar-refractivity contribution in [1.82, 2.24) is 4.90 Å². The molecule has 0 bridgehead atoms. The second kappa shape index (κ2) is 8.27. The van der Waals surface area contributed by atoms with Gasteiger partial charge in [-0.05, 0) is 51.8 Å². The molecule has 0 aromatic heterocycles. The maximum absolute atomic E-state index is 12.4. The molecule has 1 heterocycles. The van der Waals surface area contributed by atoms with Gasteiger partial charge in [-0.3, -0.25) is 4.79 Å². The van der Waals surface area contributed by atoms with Gasteiger partial charge in [-0.25, -0.2) is 0 Å². The van der Waals surface area contributed by atoms with Crippen molar-refractivity contribution in [3.05, 3.63) is 58.6 Å². The van der Waals surface area contributed by atoms with E-state index in [0.29, 0.717) is 18.8 Å². The SMILES string of the molecule is COc1ccccc1N1CCN(C(=O)/C=C/c2ccc(Br)c(N)c2)CC1. The molecule has 136 valence electrons. The van der Waals surface area contributed by atoms with Crippen LogP contribution in [0.1, 0.15) is 5.56 Å². The van der Waals surface area contributed by atoms with Gasteiger partial charge >= 0.3 is 0 Å². The Morgan fingerprint density at radius 3 is 2.58 bits per heavy atom. The zero-order valence-electron chi connectivity index (χ0n) is 14.7. The summed E-state index contributed by atoms with van der Waals surface area (Å²) >= 11 is 3.37. The number of amides is 1. The summed E-state index contributed by atoms with van der Waals surface area (Å²) in [4.78, 5) is 16.6. The third-order valence-corrected chi connectivity index (χ3v) is 5.18. The van der Waals surface area contributed by atoms with Crippen LogP contribution in [0.5, 0.6) is 5.75 Å². The lowest BCUT2D eigenvalue weighted by molar-refractivity contribution is -0.126. The zero-order valence-corrected chi connectivity index (χ0v) is 16.3. The molecule has 0 spiro atoms. The molecule has 1 fully saturated rings. The number of ether oxygens (including phenoxy) is 1. The van der Waals surface area contributed by atoms with Crippen LogP contribution in [-0.2, 0) is 4.79 Å². The first kappa shape index (κ1) is 18.3. The van der Waals surface area contributed by atoms with Crippen LogP contribution in [0.15, 0.2) is 53.0 Å². The van der Waals surface area contributed by atoms with Crippen LogP contribution in [0.4, 0.5) is 11.4 Å². The largest absolute Gasteiger partial charge is 0.495 e. The minimum absolute atomic E-state index is 0.0196. The van der Waals surface area contributed by atoms with E-state index < -0.39 is 0 Å². The van der Waals surface area contributed by atoms with E-state index in [1.165, 1.54) is 0 Å². The molecule has 1 amide bonds. The lowest BCUT2D eigenvalue weighted by Crippen LogP contribution is -2.48. The molecule has 2 N–H and O–H groups in total. The van der Waals surface area contributed by atoms with Crippen molar-refractivity contribution in [2.75, 3.05) is 43.9 Å². The van der Waals surface area contributed by atoms with E-state index in [0.717, 1.165) is 34.6 Å². The van der Waals surface area contributed by atoms with Crippen molar-refractivity contribution in [1.29, 1.82) is 0 Å². The smallest absolute Gasteiger partial charge is 0.246 e. The molecule has 6 heteroatoms. The number of carbonyl (C=O) groups is 1. The predicted molar refractivity (Wildman–Crippen MR) is 109 cm³/mol. The van der Waals surface area contributed by atoms with Gasteiger partial charge in [0.2, 0.25) is 5.91 Å². The molecular formula is C20H22BrN3O2. The zero-order chi connectivity index (χ0) is 18.5. The summed E-state index contributed by atoms with van der Waals surface area (Å²) in [7, 11) is 1.68. The first-order chi connectivity index (χ1) is 12.6. The summed E-state index contributed by atoms with van der Waals surface area (Å²) in [5.41, 5.74) is 8.51. The second-order valence-electron chi connectivity index (χ2n) is 6.10. The standard InChI is InChI=1S/C20H22BrN3O2/c1-26-19-5-3-2-4-18(19)23-10-12-24(13-11-23)20(25)9-7-15-6-8-16(21)17(22)14-15/h2-9,14H,10-13,22H2,1H3/b9-7+. The Labute approximate surface area is 162 Å². The minimum atomic E-state index is 0.0196. The van der Waals surface area contributed by atoms with E-state index in [1.54, 1.807) is 19.3 Å². The van der Waals surface area contributed by atoms with Crippen LogP contribution in [0.25, 0.3) is 6.08 Å².